The van der Waals surface area contributed by atoms with Crippen LogP contribution in [0.4, 0.5) is 0 Å². The number of benzene rings is 2. The minimum absolute atomic E-state index is 0. The quantitative estimate of drug-likeness (QED) is 0.436. The van der Waals surface area contributed by atoms with Gasteiger partial charge in [-0.25, -0.2) is 0 Å². The van der Waals surface area contributed by atoms with Gasteiger partial charge in [-0.05, 0) is 72.4 Å². The molecule has 0 fully saturated rings. The van der Waals surface area contributed by atoms with Gasteiger partial charge in [0.1, 0.15) is 11.5 Å². The molecule has 5 heteroatoms. The molecule has 2 rings (SSSR count). The summed E-state index contributed by atoms with van der Waals surface area (Å²) in [5.74, 6) is 1.54. The Balaban J connectivity index is 0.00000392. The van der Waals surface area contributed by atoms with Crippen molar-refractivity contribution in [2.24, 2.45) is 0 Å². The summed E-state index contributed by atoms with van der Waals surface area (Å²) >= 11 is 0. The average molecular weight is 394 g/mol. The third-order valence-corrected chi connectivity index (χ3v) is 5.88. The maximum absolute atomic E-state index is 13.0. The van der Waals surface area contributed by atoms with Crippen LogP contribution in [-0.2, 0) is 0 Å². The number of hydrogen-bond acceptors (Lipinski definition) is 3. The van der Waals surface area contributed by atoms with E-state index in [0.29, 0.717) is 0 Å². The van der Waals surface area contributed by atoms with E-state index in [2.05, 4.69) is 20.8 Å². The van der Waals surface area contributed by atoms with E-state index in [9.17, 15) is 4.79 Å². The second-order valence-electron chi connectivity index (χ2n) is 7.05. The number of aryl methyl sites for hydroxylation is 2. The van der Waals surface area contributed by atoms with Crippen LogP contribution in [0.2, 0.25) is 0 Å². The normalized spacial score (nSPS) is 13.1. The summed E-state index contributed by atoms with van der Waals surface area (Å²) in [6.07, 6.45) is 2.08. The van der Waals surface area contributed by atoms with Crippen molar-refractivity contribution in [3.63, 3.8) is 0 Å². The van der Waals surface area contributed by atoms with Crippen LogP contribution < -0.4 is 14.8 Å². The van der Waals surface area contributed by atoms with E-state index >= 15 is 0 Å². The molecule has 0 saturated heterocycles. The van der Waals surface area contributed by atoms with E-state index < -0.39 is 0 Å². The van der Waals surface area contributed by atoms with Gasteiger partial charge < -0.3 is 9.47 Å². The van der Waals surface area contributed by atoms with Crippen LogP contribution in [0.5, 0.6) is 11.5 Å². The van der Waals surface area contributed by atoms with E-state index in [4.69, 9.17) is 9.47 Å². The molecule has 0 radical (unpaired) electrons. The zero-order valence-corrected chi connectivity index (χ0v) is 18.3. The van der Waals surface area contributed by atoms with Gasteiger partial charge in [0.2, 0.25) is 0 Å². The molecular formula is C23H32LiO3P. The van der Waals surface area contributed by atoms with Crippen LogP contribution in [0.15, 0.2) is 36.4 Å². The van der Waals surface area contributed by atoms with E-state index in [0.717, 1.165) is 46.3 Å². The predicted molar refractivity (Wildman–Crippen MR) is 123 cm³/mol. The molecule has 0 aliphatic rings. The summed E-state index contributed by atoms with van der Waals surface area (Å²) in [5.41, 5.74) is 3.02. The van der Waals surface area contributed by atoms with Gasteiger partial charge in [0, 0.05) is 16.9 Å². The van der Waals surface area contributed by atoms with Gasteiger partial charge in [-0.3, -0.25) is 4.79 Å². The van der Waals surface area contributed by atoms with Crippen LogP contribution >= 0.6 is 8.58 Å². The molecule has 0 aliphatic heterocycles. The average Bonchev–Trinajstić information content (AvgIpc) is 2.63. The number of carbonyl (C=O) groups is 1. The van der Waals surface area contributed by atoms with Crippen molar-refractivity contribution in [2.75, 3.05) is 0 Å². The SMILES string of the molecule is CCC(C)Oc1ccc(PC(=O)c2c(C)cccc2C)c(OC(C)CC)c1.[LiH]. The first kappa shape index (κ1) is 24.8. The Morgan fingerprint density at radius 3 is 2.11 bits per heavy atom. The Morgan fingerprint density at radius 2 is 1.54 bits per heavy atom. The van der Waals surface area contributed by atoms with Crippen LogP contribution in [0.25, 0.3) is 0 Å². The molecule has 3 unspecified atom stereocenters. The Kier molecular flexibility index (Phi) is 10.3. The second kappa shape index (κ2) is 11.7. The first-order chi connectivity index (χ1) is 12.8. The van der Waals surface area contributed by atoms with Gasteiger partial charge in [-0.2, -0.15) is 0 Å². The predicted octanol–water partition coefficient (Wildman–Crippen LogP) is 5.15. The minimum atomic E-state index is 0. The zero-order valence-electron chi connectivity index (χ0n) is 17.3. The molecule has 0 amide bonds. The summed E-state index contributed by atoms with van der Waals surface area (Å²) in [6, 6.07) is 11.8. The summed E-state index contributed by atoms with van der Waals surface area (Å²) in [4.78, 5) is 13.0. The van der Waals surface area contributed by atoms with E-state index in [1.54, 1.807) is 0 Å². The molecule has 148 valence electrons. The molecule has 0 aromatic heterocycles. The molecule has 0 N–H and O–H groups in total. The number of hydrogen-bond donors (Lipinski definition) is 0. The third-order valence-electron chi connectivity index (χ3n) is 4.72. The van der Waals surface area contributed by atoms with Crippen molar-refractivity contribution in [3.05, 3.63) is 53.1 Å². The monoisotopic (exact) mass is 394 g/mol. The molecule has 28 heavy (non-hydrogen) atoms. The van der Waals surface area contributed by atoms with E-state index in [1.165, 1.54) is 0 Å². The molecule has 3 nitrogen and oxygen atoms in total. The zero-order chi connectivity index (χ0) is 20.0. The number of rotatable bonds is 9. The summed E-state index contributed by atoms with van der Waals surface area (Å²) < 4.78 is 12.1. The molecular weight excluding hydrogens is 362 g/mol. The summed E-state index contributed by atoms with van der Waals surface area (Å²) in [5, 5.41) is 0.930. The van der Waals surface area contributed by atoms with Crippen LogP contribution in [-0.4, -0.2) is 36.6 Å². The molecule has 0 saturated carbocycles. The Morgan fingerprint density at radius 1 is 0.964 bits per heavy atom. The van der Waals surface area contributed by atoms with Crippen LogP contribution in [0.1, 0.15) is 62.0 Å². The first-order valence-electron chi connectivity index (χ1n) is 9.70. The fourth-order valence-corrected chi connectivity index (χ4v) is 3.93. The topological polar surface area (TPSA) is 35.5 Å². The summed E-state index contributed by atoms with van der Waals surface area (Å²) in [7, 11) is 0.0213. The van der Waals surface area contributed by atoms with Gasteiger partial charge in [0.25, 0.3) is 0 Å². The van der Waals surface area contributed by atoms with Crippen molar-refractivity contribution in [1.82, 2.24) is 0 Å². The fraction of sp³-hybridized carbons (Fsp3) is 0.435. The Hall–Kier alpha value is -1.26. The van der Waals surface area contributed by atoms with Gasteiger partial charge in [-0.1, -0.05) is 32.0 Å². The second-order valence-corrected chi connectivity index (χ2v) is 8.30. The molecule has 0 bridgehead atoms. The van der Waals surface area contributed by atoms with Gasteiger partial charge in [0.05, 0.1) is 12.2 Å². The van der Waals surface area contributed by atoms with Gasteiger partial charge in [-0.15, -0.1) is 0 Å². The number of carbonyl (C=O) groups excluding carboxylic acids is 1. The standard InChI is InChI=1S/C23H31O3P.Li.H/c1-7-17(5)25-19-12-13-21(20(14-19)26-18(6)8-2)27-23(24)22-15(3)10-9-11-16(22)4;;/h9-14,17-18,27H,7-8H2,1-6H3;;. The molecule has 2 aromatic carbocycles. The molecule has 0 heterocycles. The fourth-order valence-electron chi connectivity index (χ4n) is 2.75. The maximum atomic E-state index is 13.0. The molecule has 3 atom stereocenters. The third kappa shape index (κ3) is 6.66. The number of ether oxygens (including phenoxy) is 2. The van der Waals surface area contributed by atoms with Gasteiger partial charge in [0.15, 0.2) is 5.52 Å². The molecule has 2 aromatic rings. The van der Waals surface area contributed by atoms with Crippen molar-refractivity contribution >= 4 is 38.3 Å². The molecule has 0 spiro atoms. The Bertz CT molecular complexity index is 771. The van der Waals surface area contributed by atoms with E-state index in [1.807, 2.05) is 57.2 Å². The van der Waals surface area contributed by atoms with Crippen molar-refractivity contribution in [1.29, 1.82) is 0 Å². The van der Waals surface area contributed by atoms with Crippen molar-refractivity contribution in [2.45, 2.75) is 66.6 Å². The van der Waals surface area contributed by atoms with Gasteiger partial charge >= 0.3 is 18.9 Å². The van der Waals surface area contributed by atoms with E-state index in [-0.39, 0.29) is 45.2 Å². The first-order valence-corrected chi connectivity index (χ1v) is 10.7. The van der Waals surface area contributed by atoms with Crippen molar-refractivity contribution < 1.29 is 14.3 Å². The Labute approximate surface area is 183 Å². The van der Waals surface area contributed by atoms with Crippen LogP contribution in [0, 0.1) is 13.8 Å². The summed E-state index contributed by atoms with van der Waals surface area (Å²) in [6.45, 7) is 12.3. The molecule has 0 aliphatic carbocycles. The van der Waals surface area contributed by atoms with Crippen LogP contribution in [0.3, 0.4) is 0 Å². The van der Waals surface area contributed by atoms with Crippen molar-refractivity contribution in [3.8, 4) is 11.5 Å².